The number of methoxy groups -OCH3 is 1. The van der Waals surface area contributed by atoms with Crippen LogP contribution >= 0.6 is 0 Å². The number of hydrogen-bond donors (Lipinski definition) is 1. The van der Waals surface area contributed by atoms with Gasteiger partial charge in [0, 0.05) is 60.6 Å². The van der Waals surface area contributed by atoms with E-state index in [2.05, 4.69) is 29.3 Å². The van der Waals surface area contributed by atoms with Gasteiger partial charge in [0.05, 0.1) is 19.3 Å². The van der Waals surface area contributed by atoms with Crippen molar-refractivity contribution < 1.29 is 18.7 Å². The zero-order valence-corrected chi connectivity index (χ0v) is 23.3. The van der Waals surface area contributed by atoms with Crippen LogP contribution in [-0.2, 0) is 17.8 Å². The van der Waals surface area contributed by atoms with Crippen LogP contribution in [0.4, 0.5) is 5.69 Å². The highest BCUT2D eigenvalue weighted by molar-refractivity contribution is 6.09. The van der Waals surface area contributed by atoms with Crippen molar-refractivity contribution in [3.63, 3.8) is 0 Å². The largest absolute Gasteiger partial charge is 0.496 e. The highest BCUT2D eigenvalue weighted by Crippen LogP contribution is 2.45. The first-order valence-corrected chi connectivity index (χ1v) is 14.4. The lowest BCUT2D eigenvalue weighted by Gasteiger charge is -2.38. The van der Waals surface area contributed by atoms with Crippen molar-refractivity contribution in [1.82, 2.24) is 9.88 Å². The lowest BCUT2D eigenvalue weighted by Crippen LogP contribution is -2.41. The molecule has 2 aliphatic carbocycles. The van der Waals surface area contributed by atoms with Crippen LogP contribution in [0, 0.1) is 12.8 Å². The summed E-state index contributed by atoms with van der Waals surface area (Å²) >= 11 is 0. The average molecular weight is 534 g/mol. The van der Waals surface area contributed by atoms with Crippen molar-refractivity contribution in [2.24, 2.45) is 5.92 Å². The molecular weight excluding hydrogens is 494 g/mol. The van der Waals surface area contributed by atoms with E-state index in [1.54, 1.807) is 17.7 Å². The lowest BCUT2D eigenvalue weighted by atomic mass is 9.95. The predicted molar refractivity (Wildman–Crippen MR) is 151 cm³/mol. The normalized spacial score (nSPS) is 17.9. The van der Waals surface area contributed by atoms with Gasteiger partial charge in [-0.2, -0.15) is 0 Å². The maximum Gasteiger partial charge on any atom is 0.255 e. The number of anilines is 1. The average Bonchev–Trinajstić information content (AvgIpc) is 3.88. The highest BCUT2D eigenvalue weighted by Gasteiger charge is 2.34. The fraction of sp³-hybridized carbons (Fsp3) is 0.548. The first kappa shape index (κ1) is 26.0. The fourth-order valence-electron chi connectivity index (χ4n) is 5.95. The van der Waals surface area contributed by atoms with E-state index in [4.69, 9.17) is 13.9 Å². The Balaban J connectivity index is 1.41. The standard InChI is InChI=1S/C31H39N3O5/c1-4-24-26(33(17-20-5-6-20)22-9-11-38-12-10-22)16-28-25(15-27(39-28)21-7-8-21)30(24)31(36)32-18-34-19(2)13-23(37-3)14-29(34)35/h13-16,20-22H,4-12,17-18H2,1-3H3,(H,32,36). The van der Waals surface area contributed by atoms with Gasteiger partial charge in [0.15, 0.2) is 0 Å². The number of furan rings is 1. The van der Waals surface area contributed by atoms with Crippen molar-refractivity contribution in [2.45, 2.75) is 77.4 Å². The number of nitrogens with zero attached hydrogens (tertiary/aromatic N) is 2. The van der Waals surface area contributed by atoms with E-state index in [-0.39, 0.29) is 18.1 Å². The van der Waals surface area contributed by atoms with Crippen molar-refractivity contribution in [1.29, 1.82) is 0 Å². The molecule has 8 nitrogen and oxygen atoms in total. The molecule has 3 aliphatic rings. The van der Waals surface area contributed by atoms with Gasteiger partial charge in [-0.05, 0) is 75.5 Å². The number of carbonyl (C=O) groups excluding carboxylic acids is 1. The summed E-state index contributed by atoms with van der Waals surface area (Å²) in [4.78, 5) is 29.3. The molecule has 0 bridgehead atoms. The Morgan fingerprint density at radius 3 is 2.51 bits per heavy atom. The van der Waals surface area contributed by atoms with Crippen LogP contribution in [0.3, 0.4) is 0 Å². The summed E-state index contributed by atoms with van der Waals surface area (Å²) in [5.74, 6) is 2.45. The van der Waals surface area contributed by atoms with Gasteiger partial charge in [0.1, 0.15) is 17.1 Å². The van der Waals surface area contributed by atoms with Crippen LogP contribution in [0.25, 0.3) is 11.0 Å². The molecule has 0 atom stereocenters. The second kappa shape index (κ2) is 10.7. The van der Waals surface area contributed by atoms with Gasteiger partial charge in [0.2, 0.25) is 0 Å². The molecule has 6 rings (SSSR count). The van der Waals surface area contributed by atoms with Gasteiger partial charge in [-0.1, -0.05) is 6.92 Å². The number of pyridine rings is 1. The minimum atomic E-state index is -0.212. The minimum absolute atomic E-state index is 0.0848. The van der Waals surface area contributed by atoms with Crippen molar-refractivity contribution >= 4 is 22.6 Å². The highest BCUT2D eigenvalue weighted by atomic mass is 16.5. The molecule has 208 valence electrons. The number of hydrogen-bond acceptors (Lipinski definition) is 6. The summed E-state index contributed by atoms with van der Waals surface area (Å²) in [6.07, 6.45) is 7.48. The van der Waals surface area contributed by atoms with Crippen LogP contribution in [0.1, 0.15) is 78.7 Å². The van der Waals surface area contributed by atoms with Crippen LogP contribution < -0.4 is 20.5 Å². The quantitative estimate of drug-likeness (QED) is 0.389. The first-order chi connectivity index (χ1) is 19.0. The van der Waals surface area contributed by atoms with Crippen LogP contribution in [0.15, 0.2) is 33.5 Å². The Kier molecular flexibility index (Phi) is 7.14. The van der Waals surface area contributed by atoms with Crippen LogP contribution in [-0.4, -0.2) is 43.4 Å². The molecule has 0 unspecified atom stereocenters. The zero-order chi connectivity index (χ0) is 27.1. The van der Waals surface area contributed by atoms with Crippen molar-refractivity contribution in [3.8, 4) is 5.75 Å². The topological polar surface area (TPSA) is 85.9 Å². The van der Waals surface area contributed by atoms with Gasteiger partial charge in [0.25, 0.3) is 11.5 Å². The van der Waals surface area contributed by atoms with E-state index in [0.717, 1.165) is 85.5 Å². The zero-order valence-electron chi connectivity index (χ0n) is 23.3. The summed E-state index contributed by atoms with van der Waals surface area (Å²) in [6.45, 7) is 6.59. The summed E-state index contributed by atoms with van der Waals surface area (Å²) in [5.41, 5.74) is 4.13. The van der Waals surface area contributed by atoms with Gasteiger partial charge in [-0.3, -0.25) is 14.2 Å². The van der Waals surface area contributed by atoms with E-state index in [1.165, 1.54) is 18.9 Å². The molecule has 39 heavy (non-hydrogen) atoms. The maximum atomic E-state index is 14.0. The molecule has 3 heterocycles. The molecular formula is C31H39N3O5. The Hall–Kier alpha value is -3.26. The van der Waals surface area contributed by atoms with Crippen LogP contribution in [0.5, 0.6) is 5.75 Å². The molecule has 0 radical (unpaired) electrons. The third-order valence-corrected chi connectivity index (χ3v) is 8.52. The number of amides is 1. The Morgan fingerprint density at radius 2 is 1.87 bits per heavy atom. The van der Waals surface area contributed by atoms with Crippen LogP contribution in [0.2, 0.25) is 0 Å². The number of benzene rings is 1. The molecule has 1 aromatic carbocycles. The molecule has 2 saturated carbocycles. The second-order valence-electron chi connectivity index (χ2n) is 11.3. The molecule has 1 aliphatic heterocycles. The third kappa shape index (κ3) is 5.31. The number of carbonyl (C=O) groups is 1. The Morgan fingerprint density at radius 1 is 1.10 bits per heavy atom. The van der Waals surface area contributed by atoms with E-state index in [9.17, 15) is 9.59 Å². The number of aromatic nitrogens is 1. The van der Waals surface area contributed by atoms with E-state index in [1.807, 2.05) is 6.92 Å². The first-order valence-electron chi connectivity index (χ1n) is 14.4. The van der Waals surface area contributed by atoms with Crippen molar-refractivity contribution in [3.05, 3.63) is 57.2 Å². The van der Waals surface area contributed by atoms with Gasteiger partial charge >= 0.3 is 0 Å². The molecule has 2 aromatic heterocycles. The summed E-state index contributed by atoms with van der Waals surface area (Å²) in [7, 11) is 1.54. The van der Waals surface area contributed by atoms with E-state index in [0.29, 0.717) is 29.2 Å². The summed E-state index contributed by atoms with van der Waals surface area (Å²) in [6, 6.07) is 7.89. The second-order valence-corrected chi connectivity index (χ2v) is 11.3. The number of fused-ring (bicyclic) bond motifs is 1. The van der Waals surface area contributed by atoms with Gasteiger partial charge < -0.3 is 24.1 Å². The smallest absolute Gasteiger partial charge is 0.255 e. The molecule has 0 spiro atoms. The Bertz CT molecular complexity index is 1430. The number of aryl methyl sites for hydroxylation is 1. The molecule has 3 fully saturated rings. The van der Waals surface area contributed by atoms with E-state index >= 15 is 0 Å². The van der Waals surface area contributed by atoms with Crippen molar-refractivity contribution in [2.75, 3.05) is 31.8 Å². The predicted octanol–water partition coefficient (Wildman–Crippen LogP) is 5.13. The monoisotopic (exact) mass is 533 g/mol. The third-order valence-electron chi connectivity index (χ3n) is 8.52. The van der Waals surface area contributed by atoms with E-state index < -0.39 is 0 Å². The fourth-order valence-corrected chi connectivity index (χ4v) is 5.95. The van der Waals surface area contributed by atoms with Gasteiger partial charge in [-0.25, -0.2) is 0 Å². The SMILES string of the molecule is CCc1c(N(CC2CC2)C2CCOCC2)cc2oc(C3CC3)cc2c1C(=O)NCn1c(C)cc(OC)cc1=O. The maximum absolute atomic E-state index is 14.0. The molecule has 3 aromatic rings. The Labute approximate surface area is 229 Å². The summed E-state index contributed by atoms with van der Waals surface area (Å²) < 4.78 is 18.9. The molecule has 1 saturated heterocycles. The van der Waals surface area contributed by atoms with Gasteiger partial charge in [-0.15, -0.1) is 0 Å². The number of nitrogens with one attached hydrogen (secondary N) is 1. The summed E-state index contributed by atoms with van der Waals surface area (Å²) in [5, 5.41) is 3.92. The number of rotatable bonds is 10. The minimum Gasteiger partial charge on any atom is -0.496 e. The molecule has 8 heteroatoms. The number of ether oxygens (including phenoxy) is 2. The molecule has 1 N–H and O–H groups in total. The lowest BCUT2D eigenvalue weighted by molar-refractivity contribution is 0.0841. The molecule has 1 amide bonds.